The number of methoxy groups -OCH3 is 2. The van der Waals surface area contributed by atoms with Crippen molar-refractivity contribution in [2.24, 2.45) is 0 Å². The van der Waals surface area contributed by atoms with E-state index in [0.717, 1.165) is 38.5 Å². The molecule has 1 saturated heterocycles. The van der Waals surface area contributed by atoms with Gasteiger partial charge < -0.3 is 29.6 Å². The molecule has 40 heavy (non-hydrogen) atoms. The number of anilines is 2. The van der Waals surface area contributed by atoms with Crippen LogP contribution in [0.15, 0.2) is 77.4 Å². The summed E-state index contributed by atoms with van der Waals surface area (Å²) in [6, 6.07) is 21.6. The Kier molecular flexibility index (Phi) is 8.20. The lowest BCUT2D eigenvalue weighted by atomic mass is 9.96. The Morgan fingerprint density at radius 2 is 1.90 bits per heavy atom. The smallest absolute Gasteiger partial charge is 0.250 e. The first-order chi connectivity index (χ1) is 19.3. The van der Waals surface area contributed by atoms with Crippen LogP contribution in [0.2, 0.25) is 0 Å². The van der Waals surface area contributed by atoms with Crippen LogP contribution in [0.4, 0.5) is 11.4 Å². The Bertz CT molecular complexity index is 1560. The van der Waals surface area contributed by atoms with Crippen molar-refractivity contribution in [1.29, 1.82) is 0 Å². The number of halogens is 1. The minimum atomic E-state index is -0.277. The summed E-state index contributed by atoms with van der Waals surface area (Å²) in [5.74, 6) is 0.262. The van der Waals surface area contributed by atoms with E-state index >= 15 is 0 Å². The van der Waals surface area contributed by atoms with Crippen LogP contribution in [0, 0.1) is 13.8 Å². The molecule has 2 N–H and O–H groups in total. The van der Waals surface area contributed by atoms with E-state index in [2.05, 4.69) is 73.1 Å². The largest absolute Gasteiger partial charge is 0.495 e. The first-order valence-corrected chi connectivity index (χ1v) is 13.9. The maximum atomic E-state index is 12.4. The highest BCUT2D eigenvalue weighted by Gasteiger charge is 2.42. The molecule has 2 aromatic carbocycles. The minimum absolute atomic E-state index is 0.0664. The molecule has 1 aliphatic heterocycles. The fraction of sp³-hybridized carbons (Fsp3) is 0.233. The molecule has 206 valence electrons. The van der Waals surface area contributed by atoms with Gasteiger partial charge in [-0.25, -0.2) is 0 Å². The van der Waals surface area contributed by atoms with Crippen molar-refractivity contribution in [2.75, 3.05) is 31.0 Å². The topological polar surface area (TPSA) is 80.7 Å². The number of rotatable bonds is 8. The molecule has 2 atom stereocenters. The maximum absolute atomic E-state index is 12.4. The standard InChI is InChI=1S/C30H30BrN5O3S/c1-18-14-23(19(2)35(18)21-9-7-8-20(31)15-21)29-28(24-10-5-6-13-32-24)34-30(40)36(29)22-11-12-26(39-4)25(16-22)33-27(37)17-38-3/h5-16,28-29H,17H2,1-4H3,(H,33,37)(H,34,40). The molecule has 1 fully saturated rings. The van der Waals surface area contributed by atoms with Gasteiger partial charge in [0.1, 0.15) is 12.4 Å². The van der Waals surface area contributed by atoms with Crippen molar-refractivity contribution < 1.29 is 14.3 Å². The molecule has 10 heteroatoms. The quantitative estimate of drug-likeness (QED) is 0.233. The third-order valence-electron chi connectivity index (χ3n) is 6.96. The molecule has 0 radical (unpaired) electrons. The van der Waals surface area contributed by atoms with Crippen LogP contribution >= 0.6 is 28.1 Å². The summed E-state index contributed by atoms with van der Waals surface area (Å²) >= 11 is 9.55. The summed E-state index contributed by atoms with van der Waals surface area (Å²) in [4.78, 5) is 19.2. The summed E-state index contributed by atoms with van der Waals surface area (Å²) in [5, 5.41) is 6.97. The van der Waals surface area contributed by atoms with Crippen LogP contribution in [0.3, 0.4) is 0 Å². The fourth-order valence-corrected chi connectivity index (χ4v) is 6.04. The zero-order chi connectivity index (χ0) is 28.4. The summed E-state index contributed by atoms with van der Waals surface area (Å²) in [6.07, 6.45) is 1.79. The van der Waals surface area contributed by atoms with Gasteiger partial charge in [0.15, 0.2) is 5.11 Å². The number of ether oxygens (including phenoxy) is 2. The molecule has 8 nitrogen and oxygen atoms in total. The molecule has 0 aliphatic carbocycles. The van der Waals surface area contributed by atoms with E-state index in [4.69, 9.17) is 21.7 Å². The Morgan fingerprint density at radius 3 is 2.60 bits per heavy atom. The Labute approximate surface area is 247 Å². The highest BCUT2D eigenvalue weighted by Crippen LogP contribution is 2.45. The van der Waals surface area contributed by atoms with Gasteiger partial charge in [-0.2, -0.15) is 0 Å². The number of hydrogen-bond donors (Lipinski definition) is 2. The maximum Gasteiger partial charge on any atom is 0.250 e. The van der Waals surface area contributed by atoms with E-state index in [1.165, 1.54) is 7.11 Å². The number of pyridine rings is 1. The Balaban J connectivity index is 1.65. The summed E-state index contributed by atoms with van der Waals surface area (Å²) in [5.41, 5.74) is 6.60. The molecule has 0 spiro atoms. The van der Waals surface area contributed by atoms with Gasteiger partial charge in [0.05, 0.1) is 30.6 Å². The van der Waals surface area contributed by atoms with Crippen LogP contribution in [0.5, 0.6) is 5.75 Å². The van der Waals surface area contributed by atoms with Gasteiger partial charge in [-0.15, -0.1) is 0 Å². The van der Waals surface area contributed by atoms with Crippen molar-refractivity contribution in [1.82, 2.24) is 14.9 Å². The normalized spacial score (nSPS) is 16.6. The number of aryl methyl sites for hydroxylation is 1. The Hall–Kier alpha value is -3.73. The van der Waals surface area contributed by atoms with Crippen molar-refractivity contribution in [3.8, 4) is 11.4 Å². The zero-order valence-electron chi connectivity index (χ0n) is 22.6. The van der Waals surface area contributed by atoms with Crippen molar-refractivity contribution in [3.05, 3.63) is 100 Å². The van der Waals surface area contributed by atoms with Crippen LogP contribution in [-0.4, -0.2) is 41.4 Å². The molecule has 0 saturated carbocycles. The summed E-state index contributed by atoms with van der Waals surface area (Å²) < 4.78 is 13.8. The van der Waals surface area contributed by atoms with E-state index < -0.39 is 0 Å². The number of benzene rings is 2. The summed E-state index contributed by atoms with van der Waals surface area (Å²) in [7, 11) is 3.05. The predicted octanol–water partition coefficient (Wildman–Crippen LogP) is 6.02. The van der Waals surface area contributed by atoms with Gasteiger partial charge in [0.2, 0.25) is 5.91 Å². The highest BCUT2D eigenvalue weighted by molar-refractivity contribution is 9.10. The number of aromatic nitrogens is 2. The molecular formula is C30H30BrN5O3S. The average molecular weight is 621 g/mol. The number of amides is 1. The second kappa shape index (κ2) is 11.8. The van der Waals surface area contributed by atoms with E-state index in [1.54, 1.807) is 13.3 Å². The fourth-order valence-electron chi connectivity index (χ4n) is 5.31. The first-order valence-electron chi connectivity index (χ1n) is 12.7. The lowest BCUT2D eigenvalue weighted by Crippen LogP contribution is -2.29. The van der Waals surface area contributed by atoms with Crippen molar-refractivity contribution in [3.63, 3.8) is 0 Å². The predicted molar refractivity (Wildman–Crippen MR) is 164 cm³/mol. The second-order valence-corrected chi connectivity index (χ2v) is 10.8. The number of nitrogens with one attached hydrogen (secondary N) is 2. The van der Waals surface area contributed by atoms with Crippen LogP contribution < -0.4 is 20.3 Å². The van der Waals surface area contributed by atoms with Gasteiger partial charge in [0.25, 0.3) is 0 Å². The number of thiocarbonyl (C=S) groups is 1. The van der Waals surface area contributed by atoms with Gasteiger partial charge in [-0.05, 0) is 86.2 Å². The third kappa shape index (κ3) is 5.34. The van der Waals surface area contributed by atoms with Crippen molar-refractivity contribution in [2.45, 2.75) is 25.9 Å². The monoisotopic (exact) mass is 619 g/mol. The molecular weight excluding hydrogens is 590 g/mol. The first kappa shape index (κ1) is 27.8. The lowest BCUT2D eigenvalue weighted by molar-refractivity contribution is -0.119. The molecule has 2 aromatic heterocycles. The van der Waals surface area contributed by atoms with E-state index in [-0.39, 0.29) is 24.6 Å². The minimum Gasteiger partial charge on any atom is -0.495 e. The second-order valence-electron chi connectivity index (χ2n) is 9.50. The number of carbonyl (C=O) groups excluding carboxylic acids is 1. The van der Waals surface area contributed by atoms with E-state index in [0.29, 0.717) is 16.5 Å². The van der Waals surface area contributed by atoms with Gasteiger partial charge in [-0.1, -0.05) is 28.1 Å². The zero-order valence-corrected chi connectivity index (χ0v) is 25.0. The molecule has 1 aliphatic rings. The van der Waals surface area contributed by atoms with Gasteiger partial charge in [-0.3, -0.25) is 9.78 Å². The molecule has 1 amide bonds. The molecule has 2 unspecified atom stereocenters. The SMILES string of the molecule is COCC(=O)Nc1cc(N2C(=S)NC(c3ccccn3)C2c2cc(C)n(-c3cccc(Br)c3)c2C)ccc1OC. The molecule has 3 heterocycles. The molecule has 4 aromatic rings. The summed E-state index contributed by atoms with van der Waals surface area (Å²) in [6.45, 7) is 4.17. The number of carbonyl (C=O) groups is 1. The van der Waals surface area contributed by atoms with Gasteiger partial charge in [0, 0.05) is 40.5 Å². The van der Waals surface area contributed by atoms with Crippen LogP contribution in [0.25, 0.3) is 5.69 Å². The van der Waals surface area contributed by atoms with E-state index in [9.17, 15) is 4.79 Å². The molecule has 5 rings (SSSR count). The highest BCUT2D eigenvalue weighted by atomic mass is 79.9. The number of hydrogen-bond acceptors (Lipinski definition) is 5. The van der Waals surface area contributed by atoms with Crippen LogP contribution in [-0.2, 0) is 9.53 Å². The van der Waals surface area contributed by atoms with Crippen LogP contribution in [0.1, 0.15) is 34.7 Å². The third-order valence-corrected chi connectivity index (χ3v) is 7.77. The molecule has 0 bridgehead atoms. The van der Waals surface area contributed by atoms with Gasteiger partial charge >= 0.3 is 0 Å². The number of nitrogens with zero attached hydrogens (tertiary/aromatic N) is 3. The average Bonchev–Trinajstić information content (AvgIpc) is 3.44. The lowest BCUT2D eigenvalue weighted by Gasteiger charge is -2.29. The Morgan fingerprint density at radius 1 is 1.07 bits per heavy atom. The van der Waals surface area contributed by atoms with E-state index in [1.807, 2.05) is 48.5 Å². The van der Waals surface area contributed by atoms with Crippen molar-refractivity contribution >= 4 is 50.5 Å².